The van der Waals surface area contributed by atoms with E-state index in [1.165, 1.54) is 13.2 Å². The van der Waals surface area contributed by atoms with Crippen LogP contribution in [0.4, 0.5) is 13.2 Å². The highest BCUT2D eigenvalue weighted by Gasteiger charge is 2.31. The van der Waals surface area contributed by atoms with Crippen molar-refractivity contribution in [1.29, 1.82) is 0 Å². The quantitative estimate of drug-likeness (QED) is 0.698. The van der Waals surface area contributed by atoms with Gasteiger partial charge in [-0.25, -0.2) is 0 Å². The Morgan fingerprint density at radius 2 is 1.85 bits per heavy atom. The van der Waals surface area contributed by atoms with Gasteiger partial charge in [-0.3, -0.25) is 0 Å². The van der Waals surface area contributed by atoms with Crippen LogP contribution in [-0.4, -0.2) is 7.11 Å². The Kier molecular flexibility index (Phi) is 2.75. The molecule has 1 nitrogen and oxygen atoms in total. The van der Waals surface area contributed by atoms with E-state index in [1.807, 2.05) is 0 Å². The van der Waals surface area contributed by atoms with Crippen molar-refractivity contribution in [3.63, 3.8) is 0 Å². The third-order valence-corrected chi connectivity index (χ3v) is 1.71. The number of methoxy groups -OCH3 is 1. The number of halogens is 3. The first-order valence-corrected chi connectivity index (χ1v) is 3.83. The highest BCUT2D eigenvalue weighted by molar-refractivity contribution is 7.80. The Morgan fingerprint density at radius 3 is 2.31 bits per heavy atom. The maximum atomic E-state index is 12.2. The van der Waals surface area contributed by atoms with Crippen molar-refractivity contribution in [2.24, 2.45) is 0 Å². The van der Waals surface area contributed by atoms with Gasteiger partial charge in [0.25, 0.3) is 0 Å². The highest BCUT2D eigenvalue weighted by atomic mass is 32.1. The molecular formula is C8H7F3OS. The topological polar surface area (TPSA) is 9.23 Å². The molecule has 0 spiro atoms. The van der Waals surface area contributed by atoms with Crippen LogP contribution in [0.3, 0.4) is 0 Å². The number of benzene rings is 1. The Labute approximate surface area is 78.9 Å². The van der Waals surface area contributed by atoms with Crippen LogP contribution in [0.15, 0.2) is 23.1 Å². The summed E-state index contributed by atoms with van der Waals surface area (Å²) in [7, 11) is 1.31. The summed E-state index contributed by atoms with van der Waals surface area (Å²) in [5.41, 5.74) is -0.753. The molecule has 1 rings (SSSR count). The molecule has 0 saturated heterocycles. The SMILES string of the molecule is COc1cc(S)cc(C(F)(F)F)c1. The van der Waals surface area contributed by atoms with E-state index in [9.17, 15) is 13.2 Å². The van der Waals surface area contributed by atoms with Gasteiger partial charge < -0.3 is 4.74 Å². The molecule has 0 aliphatic carbocycles. The Bertz CT molecular complexity index is 309. The fourth-order valence-corrected chi connectivity index (χ4v) is 1.13. The van der Waals surface area contributed by atoms with Gasteiger partial charge in [0, 0.05) is 4.90 Å². The highest BCUT2D eigenvalue weighted by Crippen LogP contribution is 2.33. The number of ether oxygens (including phenoxy) is 1. The smallest absolute Gasteiger partial charge is 0.416 e. The summed E-state index contributed by atoms with van der Waals surface area (Å²) in [6.45, 7) is 0. The van der Waals surface area contributed by atoms with Crippen molar-refractivity contribution in [1.82, 2.24) is 0 Å². The van der Waals surface area contributed by atoms with Crippen molar-refractivity contribution < 1.29 is 17.9 Å². The van der Waals surface area contributed by atoms with E-state index in [2.05, 4.69) is 17.4 Å². The minimum atomic E-state index is -4.36. The van der Waals surface area contributed by atoms with Gasteiger partial charge in [-0.05, 0) is 18.2 Å². The van der Waals surface area contributed by atoms with Gasteiger partial charge in [-0.2, -0.15) is 13.2 Å². The zero-order chi connectivity index (χ0) is 10.1. The van der Waals surface area contributed by atoms with E-state index in [4.69, 9.17) is 0 Å². The van der Waals surface area contributed by atoms with Crippen molar-refractivity contribution in [3.05, 3.63) is 23.8 Å². The summed E-state index contributed by atoms with van der Waals surface area (Å²) in [4.78, 5) is 0.228. The molecule has 0 radical (unpaired) electrons. The molecule has 0 atom stereocenters. The molecule has 1 aromatic rings. The van der Waals surface area contributed by atoms with Crippen LogP contribution < -0.4 is 4.74 Å². The number of thiol groups is 1. The molecule has 0 aromatic heterocycles. The van der Waals surface area contributed by atoms with Crippen molar-refractivity contribution >= 4 is 12.6 Å². The molecule has 0 fully saturated rings. The minimum Gasteiger partial charge on any atom is -0.497 e. The first-order valence-electron chi connectivity index (χ1n) is 3.38. The average molecular weight is 208 g/mol. The van der Waals surface area contributed by atoms with E-state index < -0.39 is 11.7 Å². The molecule has 0 heterocycles. The molecule has 0 amide bonds. The van der Waals surface area contributed by atoms with Gasteiger partial charge >= 0.3 is 6.18 Å². The number of rotatable bonds is 1. The monoisotopic (exact) mass is 208 g/mol. The number of alkyl halides is 3. The van der Waals surface area contributed by atoms with Crippen molar-refractivity contribution in [2.75, 3.05) is 7.11 Å². The summed E-state index contributed by atoms with van der Waals surface area (Å²) in [5.74, 6) is 0.153. The van der Waals surface area contributed by atoms with Crippen LogP contribution in [0.5, 0.6) is 5.75 Å². The average Bonchev–Trinajstić information content (AvgIpc) is 2.01. The van der Waals surface area contributed by atoms with E-state index in [0.29, 0.717) is 0 Å². The molecule has 13 heavy (non-hydrogen) atoms. The molecule has 1 aromatic carbocycles. The Balaban J connectivity index is 3.16. The Hall–Kier alpha value is -0.840. The molecular weight excluding hydrogens is 201 g/mol. The largest absolute Gasteiger partial charge is 0.497 e. The number of hydrogen-bond donors (Lipinski definition) is 1. The zero-order valence-corrected chi connectivity index (χ0v) is 7.62. The first-order chi connectivity index (χ1) is 5.93. The van der Waals surface area contributed by atoms with E-state index in [0.717, 1.165) is 12.1 Å². The summed E-state index contributed by atoms with van der Waals surface area (Å²) in [6, 6.07) is 3.30. The predicted molar refractivity (Wildman–Crippen MR) is 45.2 cm³/mol. The fraction of sp³-hybridized carbons (Fsp3) is 0.250. The van der Waals surface area contributed by atoms with Crippen LogP contribution in [0.2, 0.25) is 0 Å². The molecule has 0 aliphatic rings. The van der Waals surface area contributed by atoms with Gasteiger partial charge in [0.05, 0.1) is 12.7 Å². The third-order valence-electron chi connectivity index (χ3n) is 1.45. The minimum absolute atomic E-state index is 0.153. The lowest BCUT2D eigenvalue weighted by atomic mass is 10.2. The molecule has 0 saturated carbocycles. The van der Waals surface area contributed by atoms with E-state index in [1.54, 1.807) is 0 Å². The second-order valence-electron chi connectivity index (χ2n) is 2.42. The van der Waals surface area contributed by atoms with Crippen LogP contribution in [-0.2, 0) is 6.18 Å². The first kappa shape index (κ1) is 10.2. The lowest BCUT2D eigenvalue weighted by Gasteiger charge is -2.09. The summed E-state index contributed by atoms with van der Waals surface area (Å²) in [5, 5.41) is 0. The summed E-state index contributed by atoms with van der Waals surface area (Å²) >= 11 is 3.83. The molecule has 0 bridgehead atoms. The maximum Gasteiger partial charge on any atom is 0.416 e. The van der Waals surface area contributed by atoms with E-state index in [-0.39, 0.29) is 10.6 Å². The Morgan fingerprint density at radius 1 is 1.23 bits per heavy atom. The van der Waals surface area contributed by atoms with Crippen LogP contribution in [0, 0.1) is 0 Å². The third kappa shape index (κ3) is 2.55. The second-order valence-corrected chi connectivity index (χ2v) is 2.93. The predicted octanol–water partition coefficient (Wildman–Crippen LogP) is 3.00. The second kappa shape index (κ2) is 3.49. The van der Waals surface area contributed by atoms with E-state index >= 15 is 0 Å². The number of hydrogen-bond acceptors (Lipinski definition) is 2. The molecule has 0 unspecified atom stereocenters. The maximum absolute atomic E-state index is 12.2. The van der Waals surface area contributed by atoms with Crippen LogP contribution in [0.25, 0.3) is 0 Å². The lowest BCUT2D eigenvalue weighted by molar-refractivity contribution is -0.137. The summed E-state index contributed by atoms with van der Waals surface area (Å²) in [6.07, 6.45) is -4.36. The van der Waals surface area contributed by atoms with Crippen LogP contribution >= 0.6 is 12.6 Å². The lowest BCUT2D eigenvalue weighted by Crippen LogP contribution is -2.05. The van der Waals surface area contributed by atoms with Gasteiger partial charge in [0.2, 0.25) is 0 Å². The van der Waals surface area contributed by atoms with Gasteiger partial charge in [0.15, 0.2) is 0 Å². The molecule has 5 heteroatoms. The molecule has 0 N–H and O–H groups in total. The van der Waals surface area contributed by atoms with Gasteiger partial charge in [-0.1, -0.05) is 0 Å². The van der Waals surface area contributed by atoms with Gasteiger partial charge in [0.1, 0.15) is 5.75 Å². The van der Waals surface area contributed by atoms with Gasteiger partial charge in [-0.15, -0.1) is 12.6 Å². The fourth-order valence-electron chi connectivity index (χ4n) is 0.865. The normalized spacial score (nSPS) is 11.5. The molecule has 72 valence electrons. The van der Waals surface area contributed by atoms with Crippen molar-refractivity contribution in [3.8, 4) is 5.75 Å². The van der Waals surface area contributed by atoms with Crippen LogP contribution in [0.1, 0.15) is 5.56 Å². The van der Waals surface area contributed by atoms with Crippen molar-refractivity contribution in [2.45, 2.75) is 11.1 Å². The zero-order valence-electron chi connectivity index (χ0n) is 6.72. The molecule has 0 aliphatic heterocycles. The summed E-state index contributed by atoms with van der Waals surface area (Å²) < 4.78 is 41.3. The standard InChI is InChI=1S/C8H7F3OS/c1-12-6-2-5(8(9,10)11)3-7(13)4-6/h2-4,13H,1H3.